The van der Waals surface area contributed by atoms with E-state index in [2.05, 4.69) is 57.8 Å². The second-order valence-corrected chi connectivity index (χ2v) is 30.9. The minimum absolute atomic E-state index is 0.0269. The molecule has 0 radical (unpaired) electrons. The Morgan fingerprint density at radius 2 is 0.921 bits per heavy atom. The fourth-order valence-corrected chi connectivity index (χ4v) is 13.8. The lowest BCUT2D eigenvalue weighted by molar-refractivity contribution is -0.238. The molecule has 7 rings (SSSR count). The highest BCUT2D eigenvalue weighted by Crippen LogP contribution is 2.40. The molecular weight excluding hydrogens is 1680 g/mol. The number of fused-ring (bicyclic) bond motifs is 6. The highest BCUT2D eigenvalue weighted by atomic mass is 16.8. The normalized spacial score (nSPS) is 25.5. The Kier molecular flexibility index (Phi) is 51.2. The minimum atomic E-state index is -1.44. The van der Waals surface area contributed by atoms with Gasteiger partial charge in [0.25, 0.3) is 0 Å². The molecule has 722 valence electrons. The van der Waals surface area contributed by atoms with Crippen LogP contribution < -0.4 is 37.2 Å². The quantitative estimate of drug-likeness (QED) is 0.0214. The van der Waals surface area contributed by atoms with Gasteiger partial charge in [-0.3, -0.25) is 24.0 Å². The lowest BCUT2D eigenvalue weighted by atomic mass is 9.88. The first-order chi connectivity index (χ1) is 61.1. The summed E-state index contributed by atoms with van der Waals surface area (Å²) in [4.78, 5) is 62.1. The average molecular weight is 1810 g/mol. The van der Waals surface area contributed by atoms with E-state index in [1.807, 2.05) is 0 Å². The van der Waals surface area contributed by atoms with Gasteiger partial charge in [0.05, 0.1) is 256 Å². The Hall–Kier alpha value is -6.39. The van der Waals surface area contributed by atoms with E-state index in [0.29, 0.717) is 90.2 Å². The van der Waals surface area contributed by atoms with Gasteiger partial charge < -0.3 is 178 Å². The largest absolute Gasteiger partial charge is 0.394 e. The Balaban J connectivity index is 0.848. The van der Waals surface area contributed by atoms with Gasteiger partial charge in [-0.15, -0.1) is 5.10 Å². The number of ether oxygens (including phenoxy) is 21. The van der Waals surface area contributed by atoms with Crippen LogP contribution in [0, 0.1) is 11.1 Å². The molecule has 5 amide bonds. The third kappa shape index (κ3) is 38.6. The van der Waals surface area contributed by atoms with Crippen molar-refractivity contribution < 1.29 is 164 Å². The standard InChI is InChI=1S/C78H136N14O34/c1-55(95)84-66-68(101)71(104)77(53-122-73(66)125-77)50-116-35-32-113-29-26-110-23-20-107-17-14-82-39-58(89-80)44-119-47-75(87-64(100)11-7-4-8-12-83-62(98)9-5-3-6-10-63(99)86-60(41-93)42-94,46-118-43-57(88-79)38-81-13-16-106-19-22-109-25-28-112-31-34-115-49-76-52-121-65(124-76)37-61(97)70(76)103)48-120-45-59-40-92(91-90-59)15-18-108-21-24-111-27-30-114-33-36-117-51-78-54-123-74(126-78)67(85-56(2)96)69(102)72(78)105/h38-40,60-61,65-74,79-82,93-94,97,101-105H,3-37,41-54H2,1-2H3,(H,83,98)(H,84,95)(H,85,96)(H,86,99)(H,87,100)/b57-38-,58-39-,88-79?,89-80?/t61-,65+,66-,67-,68-,69-,70-,71-,72-,73+,74+,75?,76+,77+,78+/m1/s1. The number of carbonyl (C=O) groups excluding carboxylic acids is 5. The summed E-state index contributed by atoms with van der Waals surface area (Å²) >= 11 is 0. The molecule has 1 aromatic heterocycles. The topological polar surface area (TPSA) is 628 Å². The number of hydrogen-bond donors (Lipinski definition) is 17. The summed E-state index contributed by atoms with van der Waals surface area (Å²) in [6.07, 6.45) is -1.15. The van der Waals surface area contributed by atoms with Crippen LogP contribution in [0.5, 0.6) is 0 Å². The zero-order valence-corrected chi connectivity index (χ0v) is 72.2. The van der Waals surface area contributed by atoms with Crippen LogP contribution in [0.2, 0.25) is 0 Å². The van der Waals surface area contributed by atoms with Gasteiger partial charge in [0.1, 0.15) is 82.0 Å². The van der Waals surface area contributed by atoms with Crippen LogP contribution in [-0.4, -0.2) is 426 Å². The fourth-order valence-electron chi connectivity index (χ4n) is 13.8. The van der Waals surface area contributed by atoms with Crippen molar-refractivity contribution in [1.29, 1.82) is 11.1 Å². The van der Waals surface area contributed by atoms with Crippen molar-refractivity contribution in [2.24, 2.45) is 10.2 Å². The summed E-state index contributed by atoms with van der Waals surface area (Å²) in [7, 11) is 0. The zero-order chi connectivity index (χ0) is 90.5. The van der Waals surface area contributed by atoms with Crippen molar-refractivity contribution in [3.05, 3.63) is 35.7 Å². The molecule has 6 aliphatic rings. The number of aliphatic hydroxyl groups is 8. The highest BCUT2D eigenvalue weighted by Gasteiger charge is 2.61. The van der Waals surface area contributed by atoms with Gasteiger partial charge in [0.2, 0.25) is 29.5 Å². The molecule has 6 saturated heterocycles. The molecule has 0 saturated carbocycles. The Morgan fingerprint density at radius 1 is 0.508 bits per heavy atom. The molecule has 6 aliphatic heterocycles. The Morgan fingerprint density at radius 3 is 1.38 bits per heavy atom. The molecule has 6 bridgehead atoms. The van der Waals surface area contributed by atoms with Crippen molar-refractivity contribution in [3.63, 3.8) is 0 Å². The predicted octanol–water partition coefficient (Wildman–Crippen LogP) is -5.16. The number of nitrogens with zero attached hydrogens (tertiary/aromatic N) is 5. The van der Waals surface area contributed by atoms with Crippen LogP contribution >= 0.6 is 0 Å². The van der Waals surface area contributed by atoms with Crippen molar-refractivity contribution in [2.75, 3.05) is 244 Å². The van der Waals surface area contributed by atoms with Gasteiger partial charge in [-0.2, -0.15) is 10.2 Å². The molecule has 48 nitrogen and oxygen atoms in total. The van der Waals surface area contributed by atoms with E-state index >= 15 is 0 Å². The van der Waals surface area contributed by atoms with Crippen molar-refractivity contribution in [3.8, 4) is 0 Å². The molecule has 0 spiro atoms. The summed E-state index contributed by atoms with van der Waals surface area (Å²) < 4.78 is 123. The average Bonchev–Trinajstić information content (AvgIpc) is 1.60. The number of nitrogens with one attached hydrogen (secondary N) is 9. The van der Waals surface area contributed by atoms with Gasteiger partial charge in [-0.25, -0.2) is 15.7 Å². The fraction of sp³-hybridized carbons (Fsp3) is 0.859. The zero-order valence-electron chi connectivity index (χ0n) is 72.2. The lowest BCUT2D eigenvalue weighted by Crippen LogP contribution is -2.66. The second kappa shape index (κ2) is 60.5. The number of amides is 5. The van der Waals surface area contributed by atoms with Gasteiger partial charge in [0.15, 0.2) is 18.9 Å². The van der Waals surface area contributed by atoms with E-state index in [9.17, 15) is 64.8 Å². The summed E-state index contributed by atoms with van der Waals surface area (Å²) in [5, 5.41) is 117. The minimum Gasteiger partial charge on any atom is -0.394 e. The van der Waals surface area contributed by atoms with Crippen molar-refractivity contribution in [1.82, 2.24) is 52.2 Å². The smallest absolute Gasteiger partial charge is 0.220 e. The van der Waals surface area contributed by atoms with E-state index in [-0.39, 0.29) is 266 Å². The number of aliphatic hydroxyl groups excluding tert-OH is 8. The number of rotatable bonds is 76. The van der Waals surface area contributed by atoms with Gasteiger partial charge in [-0.1, -0.05) is 18.1 Å². The number of unbranched alkanes of at least 4 members (excludes halogenated alkanes) is 4. The van der Waals surface area contributed by atoms with Gasteiger partial charge in [-0.05, 0) is 25.7 Å². The number of carbonyl (C=O) groups is 5. The maximum Gasteiger partial charge on any atom is 0.220 e. The molecule has 1 unspecified atom stereocenters. The molecule has 1 aromatic rings. The first kappa shape index (κ1) is 107. The molecule has 6 fully saturated rings. The van der Waals surface area contributed by atoms with Crippen molar-refractivity contribution >= 4 is 29.5 Å². The lowest BCUT2D eigenvalue weighted by Gasteiger charge is -2.42. The van der Waals surface area contributed by atoms with Crippen LogP contribution in [0.25, 0.3) is 0 Å². The van der Waals surface area contributed by atoms with Crippen LogP contribution in [0.3, 0.4) is 0 Å². The Labute approximate surface area is 731 Å². The summed E-state index contributed by atoms with van der Waals surface area (Å²) in [6.45, 7) is 7.39. The molecule has 126 heavy (non-hydrogen) atoms. The van der Waals surface area contributed by atoms with Crippen LogP contribution in [0.1, 0.15) is 83.7 Å². The first-order valence-electron chi connectivity index (χ1n) is 42.9. The van der Waals surface area contributed by atoms with Crippen LogP contribution in [0.4, 0.5) is 0 Å². The molecular formula is C78H136N14O34. The Bertz CT molecular complexity index is 3310. The first-order valence-corrected chi connectivity index (χ1v) is 42.9. The van der Waals surface area contributed by atoms with E-state index in [1.165, 1.54) is 26.2 Å². The maximum atomic E-state index is 14.2. The molecule has 0 aromatic carbocycles. The highest BCUT2D eigenvalue weighted by molar-refractivity contribution is 5.77. The molecule has 15 atom stereocenters. The van der Waals surface area contributed by atoms with E-state index in [1.54, 1.807) is 10.9 Å². The number of aromatic nitrogens is 3. The summed E-state index contributed by atoms with van der Waals surface area (Å²) in [5.74, 6) is -1.63. The van der Waals surface area contributed by atoms with E-state index < -0.39 is 108 Å². The third-order valence-corrected chi connectivity index (χ3v) is 20.5. The molecule has 48 heteroatoms. The monoisotopic (exact) mass is 1810 g/mol. The second-order valence-electron chi connectivity index (χ2n) is 30.9. The summed E-state index contributed by atoms with van der Waals surface area (Å²) in [6, 6.07) is -2.56. The van der Waals surface area contributed by atoms with E-state index in [0.717, 1.165) is 0 Å². The van der Waals surface area contributed by atoms with E-state index in [4.69, 9.17) is 111 Å². The van der Waals surface area contributed by atoms with Gasteiger partial charge in [0, 0.05) is 71.6 Å². The molecule has 0 aliphatic carbocycles. The maximum absolute atomic E-state index is 14.2. The molecule has 7 heterocycles. The van der Waals surface area contributed by atoms with Crippen LogP contribution in [-0.2, 0) is 137 Å². The number of hydrogen-bond acceptors (Lipinski definition) is 42. The SMILES string of the molecule is CC(=O)N[C@H]1[C@H]2OC[C@](COCCOCCOCCOCCN/C=C(/COCC(COC/C(=C/NCCOCCOCCOCCOC[C@]34CO[C@H](C[C@@H](O)[C@H]3O)O4)N=N)(COCc3cn(CCOCCOCCOCCOC[C@@]45CO[C@@H](O4)[C@H](NC(C)=O)[C@@H](O)[C@H]5O)nn3)NC(=O)CCCCCNC(=O)CCCCCC(=O)NC(CO)CO)N=N)(O2)[C@H](O)[C@@H]1O. The predicted molar refractivity (Wildman–Crippen MR) is 432 cm³/mol. The molecule has 17 N–H and O–H groups in total. The third-order valence-electron chi connectivity index (χ3n) is 20.5. The van der Waals surface area contributed by atoms with Crippen molar-refractivity contribution in [2.45, 2.75) is 187 Å². The summed E-state index contributed by atoms with van der Waals surface area (Å²) in [5.41, 5.74) is 11.7. The van der Waals surface area contributed by atoms with Crippen LogP contribution in [0.15, 0.2) is 40.2 Å². The van der Waals surface area contributed by atoms with Gasteiger partial charge >= 0.3 is 0 Å².